The van der Waals surface area contributed by atoms with E-state index in [4.69, 9.17) is 21.7 Å². The van der Waals surface area contributed by atoms with E-state index in [1.807, 2.05) is 13.0 Å². The van der Waals surface area contributed by atoms with Crippen molar-refractivity contribution in [3.8, 4) is 11.5 Å². The molecule has 1 fully saturated rings. The molecule has 1 saturated heterocycles. The number of hydrogen-bond donors (Lipinski definition) is 2. The summed E-state index contributed by atoms with van der Waals surface area (Å²) in [6.45, 7) is 4.23. The number of rotatable bonds is 13. The van der Waals surface area contributed by atoms with Crippen molar-refractivity contribution in [2.75, 3.05) is 12.0 Å². The van der Waals surface area contributed by atoms with E-state index in [1.165, 1.54) is 37.8 Å². The predicted molar refractivity (Wildman–Crippen MR) is 152 cm³/mol. The van der Waals surface area contributed by atoms with Crippen molar-refractivity contribution in [3.05, 3.63) is 58.0 Å². The molecule has 2 aromatic carbocycles. The van der Waals surface area contributed by atoms with E-state index in [0.717, 1.165) is 35.6 Å². The highest BCUT2D eigenvalue weighted by Gasteiger charge is 2.34. The first-order chi connectivity index (χ1) is 18.1. The second kappa shape index (κ2) is 13.4. The van der Waals surface area contributed by atoms with Gasteiger partial charge in [0, 0.05) is 0 Å². The van der Waals surface area contributed by atoms with E-state index in [9.17, 15) is 24.6 Å². The number of thiocarbonyl (C=S) groups is 1. The monoisotopic (exact) mass is 557 g/mol. The summed E-state index contributed by atoms with van der Waals surface area (Å²) in [4.78, 5) is 37.6. The normalized spacial score (nSPS) is 15.1. The van der Waals surface area contributed by atoms with Gasteiger partial charge in [-0.1, -0.05) is 62.7 Å². The van der Waals surface area contributed by atoms with Gasteiger partial charge in [-0.3, -0.25) is 9.69 Å². The highest BCUT2D eigenvalue weighted by Crippen LogP contribution is 2.38. The molecule has 1 amide bonds. The fourth-order valence-corrected chi connectivity index (χ4v) is 5.31. The van der Waals surface area contributed by atoms with Crippen LogP contribution in [0.1, 0.15) is 78.7 Å². The molecule has 1 atom stereocenters. The second-order valence-corrected chi connectivity index (χ2v) is 10.6. The number of carboxylic acid groups (broad SMARTS) is 2. The average Bonchev–Trinajstić information content (AvgIpc) is 3.16. The molecule has 1 aliphatic heterocycles. The van der Waals surface area contributed by atoms with Crippen LogP contribution in [0, 0.1) is 0 Å². The number of carbonyl (C=O) groups excluding carboxylic acids is 1. The molecule has 0 spiro atoms. The minimum Gasteiger partial charge on any atom is -0.493 e. The molecule has 0 aliphatic carbocycles. The zero-order chi connectivity index (χ0) is 27.8. The Labute approximate surface area is 231 Å². The summed E-state index contributed by atoms with van der Waals surface area (Å²) in [6, 6.07) is 8.86. The number of ether oxygens (including phenoxy) is 2. The van der Waals surface area contributed by atoms with Gasteiger partial charge in [-0.15, -0.1) is 0 Å². The average molecular weight is 558 g/mol. The fraction of sp³-hybridized carbons (Fsp3) is 0.357. The number of thioether (sulfide) groups is 1. The Hall–Kier alpha value is -3.37. The molecule has 3 rings (SSSR count). The maximum atomic E-state index is 13.2. The van der Waals surface area contributed by atoms with Crippen molar-refractivity contribution in [3.63, 3.8) is 0 Å². The zero-order valence-corrected chi connectivity index (χ0v) is 23.2. The molecule has 0 unspecified atom stereocenters. The lowest BCUT2D eigenvalue weighted by molar-refractivity contribution is -0.113. The number of aromatic carboxylic acids is 2. The van der Waals surface area contributed by atoms with Crippen LogP contribution in [0.5, 0.6) is 11.5 Å². The van der Waals surface area contributed by atoms with E-state index in [-0.39, 0.29) is 27.2 Å². The predicted octanol–water partition coefficient (Wildman–Crippen LogP) is 6.63. The Balaban J connectivity index is 1.78. The highest BCUT2D eigenvalue weighted by molar-refractivity contribution is 8.27. The van der Waals surface area contributed by atoms with Crippen molar-refractivity contribution in [1.82, 2.24) is 0 Å². The first-order valence-corrected chi connectivity index (χ1v) is 13.6. The first-order valence-electron chi connectivity index (χ1n) is 12.4. The van der Waals surface area contributed by atoms with Gasteiger partial charge in [0.1, 0.15) is 0 Å². The number of carboxylic acids is 2. The molecule has 1 aliphatic rings. The van der Waals surface area contributed by atoms with Gasteiger partial charge in [-0.2, -0.15) is 0 Å². The number of benzene rings is 2. The molecule has 0 bridgehead atoms. The smallest absolute Gasteiger partial charge is 0.335 e. The molecule has 0 saturated carbocycles. The Morgan fingerprint density at radius 3 is 2.29 bits per heavy atom. The van der Waals surface area contributed by atoms with Crippen molar-refractivity contribution in [2.24, 2.45) is 0 Å². The minimum absolute atomic E-state index is 0.0323. The summed E-state index contributed by atoms with van der Waals surface area (Å²) >= 11 is 6.42. The lowest BCUT2D eigenvalue weighted by atomic mass is 10.1. The van der Waals surface area contributed by atoms with Crippen LogP contribution in [-0.2, 0) is 4.79 Å². The molecule has 1 heterocycles. The molecule has 38 heavy (non-hydrogen) atoms. The van der Waals surface area contributed by atoms with Gasteiger partial charge in [0.25, 0.3) is 5.91 Å². The molecule has 10 heteroatoms. The van der Waals surface area contributed by atoms with Crippen molar-refractivity contribution in [1.29, 1.82) is 0 Å². The summed E-state index contributed by atoms with van der Waals surface area (Å²) in [7, 11) is 1.55. The van der Waals surface area contributed by atoms with Gasteiger partial charge in [0.15, 0.2) is 15.8 Å². The van der Waals surface area contributed by atoms with Gasteiger partial charge in [-0.25, -0.2) is 9.59 Å². The first kappa shape index (κ1) is 29.2. The van der Waals surface area contributed by atoms with Crippen LogP contribution in [0.4, 0.5) is 5.69 Å². The van der Waals surface area contributed by atoms with E-state index >= 15 is 0 Å². The van der Waals surface area contributed by atoms with Crippen molar-refractivity contribution in [2.45, 2.75) is 58.5 Å². The molecule has 202 valence electrons. The molecule has 0 aromatic heterocycles. The lowest BCUT2D eigenvalue weighted by Gasteiger charge is -2.17. The van der Waals surface area contributed by atoms with Gasteiger partial charge in [-0.05, 0) is 61.7 Å². The Morgan fingerprint density at radius 2 is 1.68 bits per heavy atom. The highest BCUT2D eigenvalue weighted by atomic mass is 32.2. The number of amides is 1. The van der Waals surface area contributed by atoms with Crippen LogP contribution in [0.3, 0.4) is 0 Å². The number of hydrogen-bond acceptors (Lipinski definition) is 7. The van der Waals surface area contributed by atoms with Gasteiger partial charge in [0.05, 0.1) is 34.9 Å². The van der Waals surface area contributed by atoms with Crippen molar-refractivity contribution >= 4 is 57.9 Å². The Bertz CT molecular complexity index is 1230. The van der Waals surface area contributed by atoms with Crippen LogP contribution in [0.15, 0.2) is 41.3 Å². The van der Waals surface area contributed by atoms with Crippen LogP contribution in [0.25, 0.3) is 6.08 Å². The Morgan fingerprint density at radius 1 is 1.03 bits per heavy atom. The van der Waals surface area contributed by atoms with Crippen LogP contribution >= 0.6 is 24.0 Å². The molecule has 0 radical (unpaired) electrons. The van der Waals surface area contributed by atoms with Crippen molar-refractivity contribution < 1.29 is 34.1 Å². The number of carbonyl (C=O) groups is 3. The summed E-state index contributed by atoms with van der Waals surface area (Å²) in [5.41, 5.74) is 0.257. The Kier molecular flexibility index (Phi) is 10.3. The van der Waals surface area contributed by atoms with E-state index in [1.54, 1.807) is 25.3 Å². The number of methoxy groups -OCH3 is 1. The summed E-state index contributed by atoms with van der Waals surface area (Å²) < 4.78 is 11.8. The lowest BCUT2D eigenvalue weighted by Crippen LogP contribution is -2.28. The second-order valence-electron chi connectivity index (χ2n) is 8.94. The van der Waals surface area contributed by atoms with Crippen LogP contribution < -0.4 is 14.4 Å². The SMILES string of the molecule is CCCCCCC[C@@H](C)Oc1ccc(/C=C2/SC(=S)N(c3cc(C(=O)O)cc(C(=O)O)c3)C2=O)cc1OC. The molecule has 8 nitrogen and oxygen atoms in total. The largest absolute Gasteiger partial charge is 0.493 e. The maximum absolute atomic E-state index is 13.2. The quantitative estimate of drug-likeness (QED) is 0.159. The number of nitrogens with zero attached hydrogens (tertiary/aromatic N) is 1. The summed E-state index contributed by atoms with van der Waals surface area (Å²) in [5.74, 6) is -1.95. The summed E-state index contributed by atoms with van der Waals surface area (Å²) in [5, 5.41) is 18.7. The van der Waals surface area contributed by atoms with E-state index < -0.39 is 17.8 Å². The van der Waals surface area contributed by atoms with Crippen LogP contribution in [0.2, 0.25) is 0 Å². The van der Waals surface area contributed by atoms with Crippen LogP contribution in [-0.4, -0.2) is 45.6 Å². The van der Waals surface area contributed by atoms with E-state index in [0.29, 0.717) is 22.0 Å². The minimum atomic E-state index is -1.31. The topological polar surface area (TPSA) is 113 Å². The number of anilines is 1. The third kappa shape index (κ3) is 7.35. The molecule has 2 N–H and O–H groups in total. The zero-order valence-electron chi connectivity index (χ0n) is 21.6. The van der Waals surface area contributed by atoms with Gasteiger partial charge in [0.2, 0.25) is 0 Å². The molecular weight excluding hydrogens is 526 g/mol. The molecular formula is C28H31NO7S2. The third-order valence-electron chi connectivity index (χ3n) is 5.99. The fourth-order valence-electron chi connectivity index (χ4n) is 4.01. The summed E-state index contributed by atoms with van der Waals surface area (Å²) in [6.07, 6.45) is 8.63. The third-order valence-corrected chi connectivity index (χ3v) is 7.29. The maximum Gasteiger partial charge on any atom is 0.335 e. The standard InChI is InChI=1S/C28H31NO7S2/c1-4-5-6-7-8-9-17(2)36-22-11-10-18(12-23(22)35-3)13-24-25(30)29(28(37)38-24)21-15-19(26(31)32)14-20(16-21)27(33)34/h10-17H,4-9H2,1-3H3,(H,31,32)(H,33,34)/b24-13+/t17-/m1/s1. The van der Waals surface area contributed by atoms with Gasteiger partial charge >= 0.3 is 11.9 Å². The van der Waals surface area contributed by atoms with Gasteiger partial charge < -0.3 is 19.7 Å². The number of unbranched alkanes of at least 4 members (excludes halogenated alkanes) is 4. The van der Waals surface area contributed by atoms with E-state index in [2.05, 4.69) is 6.92 Å². The molecule has 2 aromatic rings.